The summed E-state index contributed by atoms with van der Waals surface area (Å²) in [6, 6.07) is 21.0. The standard InChI is InChI=1S/C25H33N3O3S.C19H29N3O/c1-5-28(32(29,30)21-9-7-6-8-10-21)20-11-12-23-22(17-20)26-24(25(2,3)4)27(23)18-19-13-15-31-16-14-19;1-5-20-15-6-7-17-16(12-15)21-18(19(2,3)4)22(17)13-14-8-10-23-11-9-14/h6-12,17,19H,5,13-16,18H2,1-4H3;6-7,12,14,20H,5,8-11,13H2,1-4H3. The molecule has 7 rings (SSSR count). The van der Waals surface area contributed by atoms with Crippen LogP contribution in [0.2, 0.25) is 0 Å². The Bertz CT molecular complexity index is 2130. The summed E-state index contributed by atoms with van der Waals surface area (Å²) >= 11 is 0. The van der Waals surface area contributed by atoms with E-state index in [0.29, 0.717) is 29.0 Å². The molecule has 10 nitrogen and oxygen atoms in total. The quantitative estimate of drug-likeness (QED) is 0.151. The SMILES string of the molecule is CCN(c1ccc2c(c1)nc(C(C)(C)C)n2CC1CCOCC1)S(=O)(=O)c1ccccc1.CCNc1ccc2c(c1)nc(C(C)(C)C)n2CC1CCOCC1. The maximum Gasteiger partial charge on any atom is 0.264 e. The molecule has 5 aromatic rings. The molecule has 1 N–H and O–H groups in total. The van der Waals surface area contributed by atoms with Crippen molar-refractivity contribution in [2.75, 3.05) is 49.1 Å². The van der Waals surface area contributed by atoms with Gasteiger partial charge in [-0.05, 0) is 99.9 Å². The Hall–Kier alpha value is -3.93. The predicted octanol–water partition coefficient (Wildman–Crippen LogP) is 9.17. The second-order valence-corrected chi connectivity index (χ2v) is 19.0. The van der Waals surface area contributed by atoms with Crippen LogP contribution in [0.3, 0.4) is 0 Å². The number of imidazole rings is 2. The minimum atomic E-state index is -3.64. The lowest BCUT2D eigenvalue weighted by molar-refractivity contribution is 0.0610. The molecule has 2 aliphatic heterocycles. The van der Waals surface area contributed by atoms with E-state index in [0.717, 1.165) is 99.8 Å². The lowest BCUT2D eigenvalue weighted by atomic mass is 9.94. The first-order valence-corrected chi connectivity index (χ1v) is 21.6. The van der Waals surface area contributed by atoms with Gasteiger partial charge in [-0.1, -0.05) is 59.7 Å². The van der Waals surface area contributed by atoms with Gasteiger partial charge >= 0.3 is 0 Å². The van der Waals surface area contributed by atoms with E-state index in [9.17, 15) is 8.42 Å². The number of anilines is 2. The molecule has 0 saturated carbocycles. The Morgan fingerprint density at radius 3 is 1.67 bits per heavy atom. The van der Waals surface area contributed by atoms with Crippen molar-refractivity contribution in [1.82, 2.24) is 19.1 Å². The first-order valence-electron chi connectivity index (χ1n) is 20.2. The third-order valence-corrected chi connectivity index (χ3v) is 12.6. The van der Waals surface area contributed by atoms with Crippen molar-refractivity contribution < 1.29 is 17.9 Å². The number of rotatable bonds is 10. The van der Waals surface area contributed by atoms with Gasteiger partial charge in [0.25, 0.3) is 10.0 Å². The fraction of sp³-hybridized carbons (Fsp3) is 0.545. The van der Waals surface area contributed by atoms with Crippen LogP contribution in [0.15, 0.2) is 71.6 Å². The first kappa shape index (κ1) is 40.7. The molecule has 0 atom stereocenters. The summed E-state index contributed by atoms with van der Waals surface area (Å²) in [7, 11) is -3.64. The summed E-state index contributed by atoms with van der Waals surface area (Å²) in [4.78, 5) is 10.3. The lowest BCUT2D eigenvalue weighted by Crippen LogP contribution is -2.30. The number of fused-ring (bicyclic) bond motifs is 2. The van der Waals surface area contributed by atoms with Crippen LogP contribution in [0.25, 0.3) is 22.1 Å². The molecule has 0 amide bonds. The summed E-state index contributed by atoms with van der Waals surface area (Å²) in [5, 5.41) is 3.38. The molecule has 4 heterocycles. The fourth-order valence-corrected chi connectivity index (χ4v) is 9.30. The topological polar surface area (TPSA) is 104 Å². The molecule has 11 heteroatoms. The lowest BCUT2D eigenvalue weighted by Gasteiger charge is -2.26. The van der Waals surface area contributed by atoms with Crippen LogP contribution in [0.4, 0.5) is 11.4 Å². The van der Waals surface area contributed by atoms with Gasteiger partial charge in [-0.2, -0.15) is 0 Å². The van der Waals surface area contributed by atoms with Crippen molar-refractivity contribution in [1.29, 1.82) is 0 Å². The average Bonchev–Trinajstić information content (AvgIpc) is 3.71. The van der Waals surface area contributed by atoms with Crippen LogP contribution in [-0.2, 0) is 43.4 Å². The minimum Gasteiger partial charge on any atom is -0.385 e. The van der Waals surface area contributed by atoms with Gasteiger partial charge < -0.3 is 23.9 Å². The molecule has 0 bridgehead atoms. The number of ether oxygens (including phenoxy) is 2. The van der Waals surface area contributed by atoms with Crippen LogP contribution in [-0.4, -0.2) is 67.0 Å². The van der Waals surface area contributed by atoms with Gasteiger partial charge in [0.15, 0.2) is 0 Å². The normalized spacial score (nSPS) is 16.3. The van der Waals surface area contributed by atoms with E-state index in [2.05, 4.69) is 81.1 Å². The third kappa shape index (κ3) is 9.38. The van der Waals surface area contributed by atoms with Gasteiger partial charge in [0.2, 0.25) is 0 Å². The zero-order valence-electron chi connectivity index (χ0n) is 34.3. The minimum absolute atomic E-state index is 0.0442. The number of sulfonamides is 1. The number of hydrogen-bond acceptors (Lipinski definition) is 7. The van der Waals surface area contributed by atoms with E-state index in [1.807, 2.05) is 31.2 Å². The van der Waals surface area contributed by atoms with E-state index < -0.39 is 10.0 Å². The molecule has 2 saturated heterocycles. The number of hydrogen-bond donors (Lipinski definition) is 1. The van der Waals surface area contributed by atoms with E-state index in [1.165, 1.54) is 15.6 Å². The van der Waals surface area contributed by atoms with Crippen LogP contribution < -0.4 is 9.62 Å². The van der Waals surface area contributed by atoms with Crippen molar-refractivity contribution in [2.24, 2.45) is 11.8 Å². The number of nitrogens with zero attached hydrogens (tertiary/aromatic N) is 5. The van der Waals surface area contributed by atoms with Gasteiger partial charge in [0.1, 0.15) is 11.6 Å². The maximum atomic E-state index is 13.3. The van der Waals surface area contributed by atoms with Crippen molar-refractivity contribution in [3.63, 3.8) is 0 Å². The second kappa shape index (κ2) is 17.1. The monoisotopic (exact) mass is 770 g/mol. The van der Waals surface area contributed by atoms with Gasteiger partial charge in [-0.25, -0.2) is 18.4 Å². The highest BCUT2D eigenvalue weighted by molar-refractivity contribution is 7.92. The number of nitrogens with one attached hydrogen (secondary N) is 1. The van der Waals surface area contributed by atoms with Crippen LogP contribution in [0.5, 0.6) is 0 Å². The van der Waals surface area contributed by atoms with E-state index in [4.69, 9.17) is 19.4 Å². The predicted molar refractivity (Wildman–Crippen MR) is 225 cm³/mol. The van der Waals surface area contributed by atoms with Gasteiger partial charge in [0.05, 0.1) is 32.6 Å². The molecule has 2 aliphatic rings. The Morgan fingerprint density at radius 1 is 0.709 bits per heavy atom. The third-order valence-electron chi connectivity index (χ3n) is 10.7. The molecular weight excluding hydrogens is 709 g/mol. The van der Waals surface area contributed by atoms with E-state index in [1.54, 1.807) is 24.3 Å². The molecule has 3 aromatic carbocycles. The Morgan fingerprint density at radius 2 is 1.20 bits per heavy atom. The van der Waals surface area contributed by atoms with Crippen LogP contribution in [0, 0.1) is 11.8 Å². The molecule has 0 spiro atoms. The van der Waals surface area contributed by atoms with Gasteiger partial charge in [-0.3, -0.25) is 4.31 Å². The molecule has 55 heavy (non-hydrogen) atoms. The van der Waals surface area contributed by atoms with Gasteiger partial charge in [0, 0.05) is 69.1 Å². The van der Waals surface area contributed by atoms with E-state index >= 15 is 0 Å². The Labute approximate surface area is 328 Å². The van der Waals surface area contributed by atoms with Crippen molar-refractivity contribution in [2.45, 2.75) is 110 Å². The van der Waals surface area contributed by atoms with Gasteiger partial charge in [-0.15, -0.1) is 0 Å². The summed E-state index contributed by atoms with van der Waals surface area (Å²) in [5.74, 6) is 3.47. The first-order chi connectivity index (χ1) is 26.2. The fourth-order valence-electron chi connectivity index (χ4n) is 7.82. The number of aromatic nitrogens is 4. The highest BCUT2D eigenvalue weighted by Gasteiger charge is 2.29. The van der Waals surface area contributed by atoms with Crippen LogP contribution in [0.1, 0.15) is 92.7 Å². The molecule has 2 aromatic heterocycles. The maximum absolute atomic E-state index is 13.3. The molecular formula is C44H62N6O4S. The second-order valence-electron chi connectivity index (χ2n) is 17.1. The van der Waals surface area contributed by atoms with E-state index in [-0.39, 0.29) is 10.8 Å². The smallest absolute Gasteiger partial charge is 0.264 e. The van der Waals surface area contributed by atoms with Crippen molar-refractivity contribution in [3.8, 4) is 0 Å². The summed E-state index contributed by atoms with van der Waals surface area (Å²) in [5.41, 5.74) is 5.95. The van der Waals surface area contributed by atoms with Crippen LogP contribution >= 0.6 is 0 Å². The Balaban J connectivity index is 0.000000197. The van der Waals surface area contributed by atoms with Crippen molar-refractivity contribution >= 4 is 43.5 Å². The highest BCUT2D eigenvalue weighted by Crippen LogP contribution is 2.33. The zero-order chi connectivity index (χ0) is 39.4. The average molecular weight is 771 g/mol. The zero-order valence-corrected chi connectivity index (χ0v) is 35.1. The summed E-state index contributed by atoms with van der Waals surface area (Å²) < 4.78 is 43.8. The van der Waals surface area contributed by atoms with Crippen molar-refractivity contribution in [3.05, 3.63) is 78.4 Å². The number of benzene rings is 3. The largest absolute Gasteiger partial charge is 0.385 e. The Kier molecular flexibility index (Phi) is 12.6. The molecule has 0 radical (unpaired) electrons. The summed E-state index contributed by atoms with van der Waals surface area (Å²) in [6.45, 7) is 23.9. The molecule has 2 fully saturated rings. The molecule has 298 valence electrons. The molecule has 0 aliphatic carbocycles. The molecule has 0 unspecified atom stereocenters. The highest BCUT2D eigenvalue weighted by atomic mass is 32.2. The summed E-state index contributed by atoms with van der Waals surface area (Å²) in [6.07, 6.45) is 4.41.